The van der Waals surface area contributed by atoms with E-state index in [2.05, 4.69) is 10.0 Å². The maximum atomic E-state index is 14.0. The third kappa shape index (κ3) is 6.57. The molecule has 180 valence electrons. The number of benzene rings is 3. The SMILES string of the molecule is Cc1cc(-c2cc(C(=O)NCc3ccc(Cl)c(Cl)c3)cc(C(C)NS(C)(=O)=O)c2)c(C)cc1F. The fourth-order valence-electron chi connectivity index (χ4n) is 3.60. The van der Waals surface area contributed by atoms with Gasteiger partial charge < -0.3 is 5.32 Å². The normalized spacial score (nSPS) is 12.4. The molecule has 0 aromatic heterocycles. The number of halogens is 3. The maximum Gasteiger partial charge on any atom is 0.251 e. The van der Waals surface area contributed by atoms with Crippen LogP contribution < -0.4 is 10.0 Å². The lowest BCUT2D eigenvalue weighted by molar-refractivity contribution is 0.0951. The lowest BCUT2D eigenvalue weighted by atomic mass is 9.93. The highest BCUT2D eigenvalue weighted by atomic mass is 35.5. The minimum atomic E-state index is -3.48. The summed E-state index contributed by atoms with van der Waals surface area (Å²) in [5, 5.41) is 3.66. The van der Waals surface area contributed by atoms with Gasteiger partial charge in [0.1, 0.15) is 5.82 Å². The third-order valence-corrected chi connectivity index (χ3v) is 6.88. The van der Waals surface area contributed by atoms with Crippen molar-refractivity contribution in [2.75, 3.05) is 6.26 Å². The van der Waals surface area contributed by atoms with Gasteiger partial charge in [0.15, 0.2) is 0 Å². The maximum absolute atomic E-state index is 14.0. The van der Waals surface area contributed by atoms with Gasteiger partial charge >= 0.3 is 0 Å². The highest BCUT2D eigenvalue weighted by Crippen LogP contribution is 2.30. The van der Waals surface area contributed by atoms with Crippen molar-refractivity contribution in [1.29, 1.82) is 0 Å². The molecule has 0 heterocycles. The van der Waals surface area contributed by atoms with Crippen LogP contribution in [-0.4, -0.2) is 20.6 Å². The first-order chi connectivity index (χ1) is 15.8. The second-order valence-corrected chi connectivity index (χ2v) is 10.9. The van der Waals surface area contributed by atoms with Gasteiger partial charge in [-0.05, 0) is 96.6 Å². The van der Waals surface area contributed by atoms with E-state index in [9.17, 15) is 17.6 Å². The molecule has 9 heteroatoms. The number of rotatable bonds is 7. The van der Waals surface area contributed by atoms with Crippen LogP contribution in [0.25, 0.3) is 11.1 Å². The molecule has 1 amide bonds. The van der Waals surface area contributed by atoms with Crippen LogP contribution >= 0.6 is 23.2 Å². The van der Waals surface area contributed by atoms with Gasteiger partial charge in [0.05, 0.1) is 16.3 Å². The van der Waals surface area contributed by atoms with Crippen LogP contribution in [0.15, 0.2) is 48.5 Å². The molecule has 0 bridgehead atoms. The van der Waals surface area contributed by atoms with Gasteiger partial charge in [-0.15, -0.1) is 0 Å². The van der Waals surface area contributed by atoms with E-state index in [0.717, 1.165) is 17.4 Å². The number of sulfonamides is 1. The van der Waals surface area contributed by atoms with Crippen LogP contribution in [0.2, 0.25) is 10.0 Å². The van der Waals surface area contributed by atoms with Crippen molar-refractivity contribution >= 4 is 39.1 Å². The molecule has 2 N–H and O–H groups in total. The van der Waals surface area contributed by atoms with Crippen molar-refractivity contribution < 1.29 is 17.6 Å². The Bertz CT molecular complexity index is 1360. The molecule has 1 atom stereocenters. The number of nitrogens with one attached hydrogen (secondary N) is 2. The molecule has 0 saturated heterocycles. The van der Waals surface area contributed by atoms with Gasteiger partial charge in [-0.1, -0.05) is 29.3 Å². The third-order valence-electron chi connectivity index (χ3n) is 5.36. The van der Waals surface area contributed by atoms with Gasteiger partial charge in [0, 0.05) is 18.2 Å². The molecule has 0 aliphatic heterocycles. The largest absolute Gasteiger partial charge is 0.348 e. The van der Waals surface area contributed by atoms with E-state index in [1.165, 1.54) is 6.07 Å². The molecule has 0 spiro atoms. The summed E-state index contributed by atoms with van der Waals surface area (Å²) in [5.41, 5.74) is 4.33. The van der Waals surface area contributed by atoms with Crippen LogP contribution in [0.4, 0.5) is 4.39 Å². The summed E-state index contributed by atoms with van der Waals surface area (Å²) in [4.78, 5) is 13.1. The summed E-state index contributed by atoms with van der Waals surface area (Å²) in [6, 6.07) is 12.8. The Kier molecular flexibility index (Phi) is 8.03. The summed E-state index contributed by atoms with van der Waals surface area (Å²) >= 11 is 12.0. The van der Waals surface area contributed by atoms with E-state index < -0.39 is 16.1 Å². The van der Waals surface area contributed by atoms with Gasteiger partial charge in [-0.3, -0.25) is 4.79 Å². The van der Waals surface area contributed by atoms with Crippen molar-refractivity contribution in [3.8, 4) is 11.1 Å². The lowest BCUT2D eigenvalue weighted by Crippen LogP contribution is -2.26. The molecule has 34 heavy (non-hydrogen) atoms. The number of carbonyl (C=O) groups is 1. The van der Waals surface area contributed by atoms with Crippen molar-refractivity contribution in [3.05, 3.63) is 92.2 Å². The topological polar surface area (TPSA) is 75.3 Å². The van der Waals surface area contributed by atoms with Crippen molar-refractivity contribution in [1.82, 2.24) is 10.0 Å². The quantitative estimate of drug-likeness (QED) is 0.402. The molecule has 5 nitrogen and oxygen atoms in total. The first-order valence-corrected chi connectivity index (χ1v) is 13.1. The zero-order valence-corrected chi connectivity index (χ0v) is 21.5. The number of hydrogen-bond acceptors (Lipinski definition) is 3. The van der Waals surface area contributed by atoms with E-state index in [0.29, 0.717) is 37.9 Å². The van der Waals surface area contributed by atoms with Crippen LogP contribution in [0.5, 0.6) is 0 Å². The smallest absolute Gasteiger partial charge is 0.251 e. The number of aryl methyl sites for hydroxylation is 2. The Hall–Kier alpha value is -2.45. The summed E-state index contributed by atoms with van der Waals surface area (Å²) < 4.78 is 40.1. The number of hydrogen-bond donors (Lipinski definition) is 2. The molecule has 0 radical (unpaired) electrons. The predicted octanol–water partition coefficient (Wildman–Crippen LogP) is 5.96. The van der Waals surface area contributed by atoms with E-state index in [1.807, 2.05) is 0 Å². The zero-order chi connectivity index (χ0) is 25.2. The van der Waals surface area contributed by atoms with Crippen LogP contribution in [-0.2, 0) is 16.6 Å². The first-order valence-electron chi connectivity index (χ1n) is 10.5. The van der Waals surface area contributed by atoms with E-state index in [4.69, 9.17) is 23.2 Å². The van der Waals surface area contributed by atoms with E-state index >= 15 is 0 Å². The van der Waals surface area contributed by atoms with Gasteiger partial charge in [0.25, 0.3) is 5.91 Å². The summed E-state index contributed by atoms with van der Waals surface area (Å²) in [6.07, 6.45) is 1.08. The van der Waals surface area contributed by atoms with Crippen molar-refractivity contribution in [2.45, 2.75) is 33.4 Å². The molecule has 3 rings (SSSR count). The molecule has 0 aliphatic carbocycles. The molecule has 0 saturated carbocycles. The minimum Gasteiger partial charge on any atom is -0.348 e. The Morgan fingerprint density at radius 1 is 1.00 bits per heavy atom. The average Bonchev–Trinajstić information content (AvgIpc) is 2.75. The molecule has 3 aromatic carbocycles. The zero-order valence-electron chi connectivity index (χ0n) is 19.2. The average molecular weight is 523 g/mol. The Morgan fingerprint density at radius 2 is 1.71 bits per heavy atom. The molecule has 1 unspecified atom stereocenters. The van der Waals surface area contributed by atoms with Crippen molar-refractivity contribution in [3.63, 3.8) is 0 Å². The van der Waals surface area contributed by atoms with E-state index in [1.54, 1.807) is 63.2 Å². The Labute approximate surface area is 209 Å². The number of amides is 1. The Morgan fingerprint density at radius 3 is 2.35 bits per heavy atom. The predicted molar refractivity (Wildman–Crippen MR) is 135 cm³/mol. The standard InChI is InChI=1S/C25H25Cl2FN2O3S/c1-14-8-24(28)15(2)7-21(14)19-10-18(16(3)30-34(4,32)33)11-20(12-19)25(31)29-13-17-5-6-22(26)23(27)9-17/h5-12,16,30H,13H2,1-4H3,(H,29,31). The minimum absolute atomic E-state index is 0.223. The van der Waals surface area contributed by atoms with E-state index in [-0.39, 0.29) is 18.3 Å². The number of carbonyl (C=O) groups excluding carboxylic acids is 1. The van der Waals surface area contributed by atoms with Gasteiger partial charge in [-0.25, -0.2) is 17.5 Å². The fraction of sp³-hybridized carbons (Fsp3) is 0.240. The van der Waals surface area contributed by atoms with Crippen LogP contribution in [0, 0.1) is 19.7 Å². The Balaban J connectivity index is 2.00. The van der Waals surface area contributed by atoms with Crippen LogP contribution in [0.3, 0.4) is 0 Å². The lowest BCUT2D eigenvalue weighted by Gasteiger charge is -2.17. The second kappa shape index (κ2) is 10.4. The molecule has 3 aromatic rings. The highest BCUT2D eigenvalue weighted by Gasteiger charge is 2.17. The van der Waals surface area contributed by atoms with Crippen molar-refractivity contribution in [2.24, 2.45) is 0 Å². The monoisotopic (exact) mass is 522 g/mol. The highest BCUT2D eigenvalue weighted by molar-refractivity contribution is 7.88. The molecule has 0 fully saturated rings. The molecular formula is C25H25Cl2FN2O3S. The molecule has 0 aliphatic rings. The molecular weight excluding hydrogens is 498 g/mol. The van der Waals surface area contributed by atoms with Gasteiger partial charge in [0.2, 0.25) is 10.0 Å². The second-order valence-electron chi connectivity index (χ2n) is 8.30. The fourth-order valence-corrected chi connectivity index (χ4v) is 4.70. The first kappa shape index (κ1) is 26.2. The van der Waals surface area contributed by atoms with Crippen LogP contribution in [0.1, 0.15) is 45.6 Å². The van der Waals surface area contributed by atoms with Gasteiger partial charge in [-0.2, -0.15) is 0 Å². The summed E-state index contributed by atoms with van der Waals surface area (Å²) in [7, 11) is -3.48. The summed E-state index contributed by atoms with van der Waals surface area (Å²) in [6.45, 7) is 5.37. The summed E-state index contributed by atoms with van der Waals surface area (Å²) in [5.74, 6) is -0.665.